The molecule has 10 heteroatoms. The van der Waals surface area contributed by atoms with E-state index in [0.717, 1.165) is 24.8 Å². The zero-order chi connectivity index (χ0) is 30.0. The van der Waals surface area contributed by atoms with Gasteiger partial charge in [0.25, 0.3) is 0 Å². The lowest BCUT2D eigenvalue weighted by atomic mass is 10.1. The summed E-state index contributed by atoms with van der Waals surface area (Å²) in [6.45, 7) is 3.24. The van der Waals surface area contributed by atoms with Crippen LogP contribution >= 0.6 is 19.2 Å². The number of hydrogen-bond donors (Lipinski definition) is 1. The Balaban J connectivity index is 1.49. The van der Waals surface area contributed by atoms with Gasteiger partial charge in [0.05, 0.1) is 19.1 Å². The molecule has 42 heavy (non-hydrogen) atoms. The average molecular weight is 619 g/mol. The number of carbonyl (C=O) groups excluding carboxylic acids is 1. The molecule has 0 saturated heterocycles. The Hall–Kier alpha value is -2.87. The Morgan fingerprint density at radius 1 is 0.881 bits per heavy atom. The van der Waals surface area contributed by atoms with Gasteiger partial charge in [0.15, 0.2) is 18.5 Å². The third kappa shape index (κ3) is 12.2. The number of nitrogens with zero attached hydrogens (tertiary/aromatic N) is 1. The molecule has 3 aromatic rings. The van der Waals surface area contributed by atoms with Crippen molar-refractivity contribution < 1.29 is 37.3 Å². The second-order valence-corrected chi connectivity index (χ2v) is 12.4. The van der Waals surface area contributed by atoms with E-state index in [2.05, 4.69) is 6.92 Å². The van der Waals surface area contributed by atoms with Crippen LogP contribution in [0.1, 0.15) is 99.9 Å². The van der Waals surface area contributed by atoms with Gasteiger partial charge in [-0.2, -0.15) is 4.57 Å². The first-order valence-corrected chi connectivity index (χ1v) is 17.4. The number of rotatable bonds is 21. The number of benzene rings is 2. The molecule has 0 radical (unpaired) electrons. The zero-order valence-electron chi connectivity index (χ0n) is 24.9. The molecule has 8 nitrogen and oxygen atoms in total. The second kappa shape index (κ2) is 18.6. The Morgan fingerprint density at radius 2 is 1.52 bits per heavy atom. The fourth-order valence-corrected chi connectivity index (χ4v) is 6.09. The molecular formula is C32H45NO7PS+. The van der Waals surface area contributed by atoms with Crippen LogP contribution in [-0.4, -0.2) is 24.6 Å². The van der Waals surface area contributed by atoms with E-state index in [9.17, 15) is 14.3 Å². The number of carbonyl (C=O) groups is 1. The van der Waals surface area contributed by atoms with E-state index in [4.69, 9.17) is 18.5 Å². The van der Waals surface area contributed by atoms with Crippen LogP contribution in [0.15, 0.2) is 59.6 Å². The fourth-order valence-electron chi connectivity index (χ4n) is 4.68. The number of methoxy groups -OCH3 is 1. The summed E-state index contributed by atoms with van der Waals surface area (Å²) in [6.07, 6.45) is 16.8. The average Bonchev–Trinajstić information content (AvgIpc) is 3.48. The van der Waals surface area contributed by atoms with Crippen LogP contribution in [0, 0.1) is 0 Å². The molecule has 0 fully saturated rings. The first-order chi connectivity index (χ1) is 20.4. The summed E-state index contributed by atoms with van der Waals surface area (Å²) in [5, 5.41) is 1.96. The van der Waals surface area contributed by atoms with Gasteiger partial charge in [-0.1, -0.05) is 107 Å². The summed E-state index contributed by atoms with van der Waals surface area (Å²) in [4.78, 5) is 23.2. The summed E-state index contributed by atoms with van der Waals surface area (Å²) in [5.74, 6) is -0.472. The minimum absolute atomic E-state index is 0.0561. The third-order valence-corrected chi connectivity index (χ3v) is 8.40. The van der Waals surface area contributed by atoms with Crippen molar-refractivity contribution in [3.8, 4) is 17.2 Å². The van der Waals surface area contributed by atoms with Gasteiger partial charge in [-0.3, -0.25) is 4.89 Å². The Bertz CT molecular complexity index is 1250. The molecule has 1 heterocycles. The zero-order valence-corrected chi connectivity index (χ0v) is 26.6. The van der Waals surface area contributed by atoms with Crippen molar-refractivity contribution in [1.29, 1.82) is 0 Å². The highest BCUT2D eigenvalue weighted by Crippen LogP contribution is 2.46. The van der Waals surface area contributed by atoms with E-state index in [1.54, 1.807) is 41.7 Å². The molecule has 0 saturated carbocycles. The van der Waals surface area contributed by atoms with Gasteiger partial charge in [0.2, 0.25) is 5.51 Å². The molecule has 1 N–H and O–H groups in total. The van der Waals surface area contributed by atoms with Crippen LogP contribution in [0.3, 0.4) is 0 Å². The largest absolute Gasteiger partial charge is 0.584 e. The van der Waals surface area contributed by atoms with Crippen molar-refractivity contribution in [2.75, 3.05) is 13.7 Å². The van der Waals surface area contributed by atoms with Gasteiger partial charge in [0.1, 0.15) is 17.1 Å². The number of ether oxygens (including phenoxy) is 2. The molecular weight excluding hydrogens is 573 g/mol. The maximum absolute atomic E-state index is 13.0. The van der Waals surface area contributed by atoms with E-state index in [0.29, 0.717) is 13.2 Å². The molecule has 1 unspecified atom stereocenters. The Kier molecular flexibility index (Phi) is 14.9. The van der Waals surface area contributed by atoms with Gasteiger partial charge >= 0.3 is 13.8 Å². The van der Waals surface area contributed by atoms with E-state index < -0.39 is 13.8 Å². The number of thiazole rings is 1. The normalized spacial score (nSPS) is 12.5. The van der Waals surface area contributed by atoms with Crippen molar-refractivity contribution in [2.24, 2.45) is 0 Å². The molecule has 0 bridgehead atoms. The van der Waals surface area contributed by atoms with Crippen molar-refractivity contribution in [3.63, 3.8) is 0 Å². The quantitative estimate of drug-likeness (QED) is 0.0553. The summed E-state index contributed by atoms with van der Waals surface area (Å²) in [5.41, 5.74) is 2.80. The number of hydrogen-bond acceptors (Lipinski definition) is 7. The smallest absolute Gasteiger partial charge is 0.493 e. The number of unbranched alkanes of at least 4 members (excludes halogenated alkanes) is 11. The Labute approximate surface area is 254 Å². The minimum atomic E-state index is -4.65. The summed E-state index contributed by atoms with van der Waals surface area (Å²) in [7, 11) is -3.42. The van der Waals surface area contributed by atoms with Gasteiger partial charge in [0, 0.05) is 5.56 Å². The van der Waals surface area contributed by atoms with Gasteiger partial charge in [-0.25, -0.2) is 9.36 Å². The maximum atomic E-state index is 13.0. The second-order valence-electron chi connectivity index (χ2n) is 10.4. The summed E-state index contributed by atoms with van der Waals surface area (Å²) < 4.78 is 36.5. The SMILES string of the molecule is CCCCCCCCCCCCCCOc1cccc(OP(=O)(O)Oc2cccc(C[n+]3ccsc3)c2)c1C(=O)OC. The topological polar surface area (TPSA) is 95.2 Å². The number of esters is 1. The molecule has 0 aliphatic rings. The minimum Gasteiger partial charge on any atom is -0.493 e. The monoisotopic (exact) mass is 618 g/mol. The highest BCUT2D eigenvalue weighted by Gasteiger charge is 2.30. The van der Waals surface area contributed by atoms with Crippen LogP contribution in [0.2, 0.25) is 0 Å². The van der Waals surface area contributed by atoms with Crippen LogP contribution in [-0.2, 0) is 15.8 Å². The molecule has 1 atom stereocenters. The first-order valence-electron chi connectivity index (χ1n) is 15.0. The van der Waals surface area contributed by atoms with Crippen LogP contribution in [0.5, 0.6) is 17.2 Å². The molecule has 0 amide bonds. The van der Waals surface area contributed by atoms with Gasteiger partial charge in [-0.15, -0.1) is 0 Å². The molecule has 0 aliphatic carbocycles. The molecule has 0 aliphatic heterocycles. The molecule has 0 spiro atoms. The standard InChI is InChI=1S/C32H44NO7PS/c1-3-4-5-6-7-8-9-10-11-12-13-14-22-38-29-19-16-20-30(31(29)32(34)37-2)40-41(35,36)39-28-18-15-17-27(24-28)25-33-21-23-42-26-33/h15-21,23-24,26H,3-14,22,25H2,1-2H3/p+1. The lowest BCUT2D eigenvalue weighted by Crippen LogP contribution is -2.30. The number of phosphoric ester groups is 1. The van der Waals surface area contributed by atoms with Crippen LogP contribution in [0.4, 0.5) is 0 Å². The predicted molar refractivity (Wildman–Crippen MR) is 165 cm³/mol. The van der Waals surface area contributed by atoms with Gasteiger partial charge < -0.3 is 18.5 Å². The molecule has 2 aromatic carbocycles. The summed E-state index contributed by atoms with van der Waals surface area (Å²) >= 11 is 1.57. The third-order valence-electron chi connectivity index (χ3n) is 6.86. The Morgan fingerprint density at radius 3 is 2.17 bits per heavy atom. The number of phosphoric acid groups is 1. The molecule has 3 rings (SSSR count). The highest BCUT2D eigenvalue weighted by atomic mass is 32.1. The number of aromatic nitrogens is 1. The van der Waals surface area contributed by atoms with Crippen LogP contribution < -0.4 is 18.4 Å². The van der Waals surface area contributed by atoms with E-state index >= 15 is 0 Å². The van der Waals surface area contributed by atoms with Crippen molar-refractivity contribution >= 4 is 25.1 Å². The van der Waals surface area contributed by atoms with E-state index in [1.165, 1.54) is 71.0 Å². The van der Waals surface area contributed by atoms with E-state index in [-0.39, 0.29) is 22.8 Å². The van der Waals surface area contributed by atoms with Crippen molar-refractivity contribution in [1.82, 2.24) is 0 Å². The van der Waals surface area contributed by atoms with Gasteiger partial charge in [-0.05, 0) is 30.7 Å². The van der Waals surface area contributed by atoms with Crippen molar-refractivity contribution in [3.05, 3.63) is 70.7 Å². The fraction of sp³-hybridized carbons (Fsp3) is 0.500. The van der Waals surface area contributed by atoms with Crippen LogP contribution in [0.25, 0.3) is 0 Å². The molecule has 1 aromatic heterocycles. The predicted octanol–water partition coefficient (Wildman–Crippen LogP) is 8.51. The first kappa shape index (κ1) is 33.6. The molecule has 230 valence electrons. The lowest BCUT2D eigenvalue weighted by molar-refractivity contribution is -0.683. The summed E-state index contributed by atoms with van der Waals surface area (Å²) in [6, 6.07) is 11.5. The highest BCUT2D eigenvalue weighted by molar-refractivity contribution is 7.48. The maximum Gasteiger partial charge on any atom is 0.584 e. The lowest BCUT2D eigenvalue weighted by Gasteiger charge is -2.18. The van der Waals surface area contributed by atoms with E-state index in [1.807, 2.05) is 27.7 Å². The van der Waals surface area contributed by atoms with Crippen molar-refractivity contribution in [2.45, 2.75) is 90.5 Å².